The lowest BCUT2D eigenvalue weighted by Crippen LogP contribution is -2.21. The van der Waals surface area contributed by atoms with E-state index in [9.17, 15) is 4.39 Å². The Kier molecular flexibility index (Phi) is 5.66. The summed E-state index contributed by atoms with van der Waals surface area (Å²) in [5.74, 6) is 0.266. The normalized spacial score (nSPS) is 12.2. The maximum absolute atomic E-state index is 13.0. The number of hydrogen-bond donors (Lipinski definition) is 1. The fraction of sp³-hybridized carbons (Fsp3) is 0.429. The summed E-state index contributed by atoms with van der Waals surface area (Å²) in [7, 11) is 0. The zero-order valence-electron chi connectivity index (χ0n) is 10.6. The van der Waals surface area contributed by atoms with Crippen LogP contribution in [0.2, 0.25) is 5.02 Å². The first kappa shape index (κ1) is 14.2. The lowest BCUT2D eigenvalue weighted by Gasteiger charge is -2.07. The molecule has 0 unspecified atom stereocenters. The number of rotatable bonds is 5. The van der Waals surface area contributed by atoms with Gasteiger partial charge in [0, 0.05) is 6.54 Å². The number of halogens is 2. The second-order valence-corrected chi connectivity index (χ2v) is 5.10. The zero-order valence-corrected chi connectivity index (χ0v) is 11.3. The minimum Gasteiger partial charge on any atom is -0.313 e. The minimum absolute atomic E-state index is 0.168. The lowest BCUT2D eigenvalue weighted by molar-refractivity contribution is 0.572. The summed E-state index contributed by atoms with van der Waals surface area (Å²) in [5, 5.41) is 3.52. The zero-order chi connectivity index (χ0) is 12.8. The van der Waals surface area contributed by atoms with Gasteiger partial charge in [0.2, 0.25) is 0 Å². The van der Waals surface area contributed by atoms with Gasteiger partial charge < -0.3 is 5.32 Å². The molecule has 0 saturated carbocycles. The molecule has 3 heteroatoms. The van der Waals surface area contributed by atoms with E-state index in [4.69, 9.17) is 11.6 Å². The first-order valence-electron chi connectivity index (χ1n) is 5.82. The summed E-state index contributed by atoms with van der Waals surface area (Å²) < 4.78 is 13.0. The van der Waals surface area contributed by atoms with Gasteiger partial charge in [0.15, 0.2) is 0 Å². The van der Waals surface area contributed by atoms with E-state index in [1.165, 1.54) is 11.6 Å². The SMILES string of the molecule is C/C(=C\c1ccc(F)c(Cl)c1)CNCC(C)C. The molecule has 1 N–H and O–H groups in total. The standard InChI is InChI=1S/C14H19ClFN/c1-10(2)8-17-9-11(3)6-12-4-5-14(16)13(15)7-12/h4-7,10,17H,8-9H2,1-3H3/b11-6+. The molecule has 0 amide bonds. The predicted octanol–water partition coefficient (Wildman–Crippen LogP) is 4.13. The lowest BCUT2D eigenvalue weighted by atomic mass is 10.1. The van der Waals surface area contributed by atoms with Crippen LogP contribution in [0, 0.1) is 11.7 Å². The Morgan fingerprint density at radius 1 is 1.47 bits per heavy atom. The molecule has 0 saturated heterocycles. The molecule has 0 aliphatic rings. The van der Waals surface area contributed by atoms with Gasteiger partial charge in [-0.15, -0.1) is 0 Å². The van der Waals surface area contributed by atoms with E-state index in [0.29, 0.717) is 5.92 Å². The monoisotopic (exact) mass is 255 g/mol. The molecule has 94 valence electrons. The van der Waals surface area contributed by atoms with E-state index < -0.39 is 0 Å². The second kappa shape index (κ2) is 6.77. The summed E-state index contributed by atoms with van der Waals surface area (Å²) in [4.78, 5) is 0. The van der Waals surface area contributed by atoms with E-state index in [-0.39, 0.29) is 10.8 Å². The first-order valence-corrected chi connectivity index (χ1v) is 6.19. The smallest absolute Gasteiger partial charge is 0.141 e. The third kappa shape index (κ3) is 5.33. The van der Waals surface area contributed by atoms with Crippen molar-refractivity contribution in [3.8, 4) is 0 Å². The van der Waals surface area contributed by atoms with Crippen LogP contribution < -0.4 is 5.32 Å². The highest BCUT2D eigenvalue weighted by Crippen LogP contribution is 2.17. The Balaban J connectivity index is 2.58. The molecule has 0 spiro atoms. The molecular formula is C14H19ClFN. The van der Waals surface area contributed by atoms with Crippen LogP contribution in [-0.2, 0) is 0 Å². The summed E-state index contributed by atoms with van der Waals surface area (Å²) in [6, 6.07) is 4.76. The van der Waals surface area contributed by atoms with Crippen molar-refractivity contribution in [3.63, 3.8) is 0 Å². The molecule has 1 aromatic carbocycles. The van der Waals surface area contributed by atoms with Gasteiger partial charge in [-0.1, -0.05) is 43.2 Å². The summed E-state index contributed by atoms with van der Waals surface area (Å²) in [6.45, 7) is 8.23. The molecule has 1 aromatic rings. The second-order valence-electron chi connectivity index (χ2n) is 4.69. The van der Waals surface area contributed by atoms with Crippen LogP contribution in [0.5, 0.6) is 0 Å². The third-order valence-electron chi connectivity index (χ3n) is 2.31. The van der Waals surface area contributed by atoms with Crippen LogP contribution in [0.3, 0.4) is 0 Å². The number of nitrogens with one attached hydrogen (secondary N) is 1. The summed E-state index contributed by atoms with van der Waals surface area (Å²) in [5.41, 5.74) is 2.13. The number of hydrogen-bond acceptors (Lipinski definition) is 1. The van der Waals surface area contributed by atoms with Crippen LogP contribution in [-0.4, -0.2) is 13.1 Å². The third-order valence-corrected chi connectivity index (χ3v) is 2.60. The van der Waals surface area contributed by atoms with Crippen LogP contribution in [0.4, 0.5) is 4.39 Å². The molecule has 0 aliphatic heterocycles. The van der Waals surface area contributed by atoms with Gasteiger partial charge in [-0.05, 0) is 37.1 Å². The highest BCUT2D eigenvalue weighted by atomic mass is 35.5. The molecule has 0 bridgehead atoms. The fourth-order valence-electron chi connectivity index (χ4n) is 1.50. The molecule has 1 rings (SSSR count). The Hall–Kier alpha value is -0.860. The Morgan fingerprint density at radius 3 is 2.76 bits per heavy atom. The average molecular weight is 256 g/mol. The van der Waals surface area contributed by atoms with Gasteiger partial charge >= 0.3 is 0 Å². The highest BCUT2D eigenvalue weighted by molar-refractivity contribution is 6.30. The maximum atomic E-state index is 13.0. The van der Waals surface area contributed by atoms with Gasteiger partial charge in [0.25, 0.3) is 0 Å². The van der Waals surface area contributed by atoms with Crippen molar-refractivity contribution in [2.45, 2.75) is 20.8 Å². The molecular weight excluding hydrogens is 237 g/mol. The quantitative estimate of drug-likeness (QED) is 0.834. The van der Waals surface area contributed by atoms with Gasteiger partial charge in [0.05, 0.1) is 5.02 Å². The van der Waals surface area contributed by atoms with Gasteiger partial charge in [0.1, 0.15) is 5.82 Å². The van der Waals surface area contributed by atoms with Crippen molar-refractivity contribution in [3.05, 3.63) is 40.2 Å². The van der Waals surface area contributed by atoms with Crippen molar-refractivity contribution >= 4 is 17.7 Å². The van der Waals surface area contributed by atoms with E-state index in [0.717, 1.165) is 18.7 Å². The van der Waals surface area contributed by atoms with E-state index in [1.807, 2.05) is 13.0 Å². The first-order chi connectivity index (χ1) is 7.99. The van der Waals surface area contributed by atoms with Crippen molar-refractivity contribution in [2.24, 2.45) is 5.92 Å². The van der Waals surface area contributed by atoms with Gasteiger partial charge in [-0.2, -0.15) is 0 Å². The average Bonchev–Trinajstić information content (AvgIpc) is 2.23. The van der Waals surface area contributed by atoms with E-state index in [2.05, 4.69) is 19.2 Å². The predicted molar refractivity (Wildman–Crippen MR) is 72.8 cm³/mol. The molecule has 0 fully saturated rings. The molecule has 0 radical (unpaired) electrons. The van der Waals surface area contributed by atoms with Crippen LogP contribution in [0.25, 0.3) is 6.08 Å². The molecule has 0 atom stereocenters. The summed E-state index contributed by atoms with van der Waals surface area (Å²) in [6.07, 6.45) is 2.01. The van der Waals surface area contributed by atoms with E-state index in [1.54, 1.807) is 12.1 Å². The molecule has 0 aromatic heterocycles. The molecule has 0 heterocycles. The largest absolute Gasteiger partial charge is 0.313 e. The Labute approximate surface area is 108 Å². The van der Waals surface area contributed by atoms with Gasteiger partial charge in [-0.25, -0.2) is 4.39 Å². The molecule has 17 heavy (non-hydrogen) atoms. The van der Waals surface area contributed by atoms with Crippen molar-refractivity contribution in [2.75, 3.05) is 13.1 Å². The van der Waals surface area contributed by atoms with Crippen molar-refractivity contribution < 1.29 is 4.39 Å². The van der Waals surface area contributed by atoms with Crippen molar-refractivity contribution in [1.82, 2.24) is 5.32 Å². The summed E-state index contributed by atoms with van der Waals surface area (Å²) >= 11 is 5.72. The highest BCUT2D eigenvalue weighted by Gasteiger charge is 1.99. The number of benzene rings is 1. The fourth-order valence-corrected chi connectivity index (χ4v) is 1.68. The van der Waals surface area contributed by atoms with Crippen LogP contribution in [0.1, 0.15) is 26.3 Å². The Morgan fingerprint density at radius 2 is 2.18 bits per heavy atom. The van der Waals surface area contributed by atoms with Crippen LogP contribution >= 0.6 is 11.6 Å². The Bertz CT molecular complexity index is 399. The van der Waals surface area contributed by atoms with Crippen molar-refractivity contribution in [1.29, 1.82) is 0 Å². The van der Waals surface area contributed by atoms with E-state index >= 15 is 0 Å². The topological polar surface area (TPSA) is 12.0 Å². The van der Waals surface area contributed by atoms with Crippen LogP contribution in [0.15, 0.2) is 23.8 Å². The minimum atomic E-state index is -0.376. The maximum Gasteiger partial charge on any atom is 0.141 e. The molecule has 1 nitrogen and oxygen atoms in total. The van der Waals surface area contributed by atoms with Gasteiger partial charge in [-0.3, -0.25) is 0 Å². The molecule has 0 aliphatic carbocycles.